The third-order valence-electron chi connectivity index (χ3n) is 4.19. The van der Waals surface area contributed by atoms with Crippen molar-refractivity contribution in [3.05, 3.63) is 53.6 Å². The first-order chi connectivity index (χ1) is 13.7. The van der Waals surface area contributed by atoms with Crippen LogP contribution in [0.15, 0.2) is 36.4 Å². The minimum absolute atomic E-state index is 0.0764. The molecule has 0 radical (unpaired) electrons. The lowest BCUT2D eigenvalue weighted by Gasteiger charge is -2.20. The molecular formula is C22H27F2NO4. The van der Waals surface area contributed by atoms with Crippen molar-refractivity contribution < 1.29 is 27.8 Å². The molecule has 1 amide bonds. The van der Waals surface area contributed by atoms with Gasteiger partial charge in [0.05, 0.1) is 19.8 Å². The number of carbonyl (C=O) groups is 1. The molecule has 2 aromatic carbocycles. The lowest BCUT2D eigenvalue weighted by molar-refractivity contribution is -0.127. The van der Waals surface area contributed by atoms with Crippen LogP contribution in [0.3, 0.4) is 0 Å². The van der Waals surface area contributed by atoms with Gasteiger partial charge in [-0.3, -0.25) is 4.79 Å². The highest BCUT2D eigenvalue weighted by Crippen LogP contribution is 2.30. The normalized spacial score (nSPS) is 13.0. The van der Waals surface area contributed by atoms with Gasteiger partial charge in [-0.05, 0) is 49.6 Å². The molecule has 0 saturated carbocycles. The molecule has 0 fully saturated rings. The van der Waals surface area contributed by atoms with Crippen LogP contribution in [0.1, 0.15) is 39.3 Å². The van der Waals surface area contributed by atoms with Crippen LogP contribution >= 0.6 is 0 Å². The number of ether oxygens (including phenoxy) is 3. The Morgan fingerprint density at radius 2 is 1.72 bits per heavy atom. The van der Waals surface area contributed by atoms with E-state index in [0.717, 1.165) is 17.7 Å². The lowest BCUT2D eigenvalue weighted by atomic mass is 10.1. The Kier molecular flexibility index (Phi) is 7.82. The number of hydrogen-bond acceptors (Lipinski definition) is 4. The molecule has 5 nitrogen and oxygen atoms in total. The second-order valence-electron chi connectivity index (χ2n) is 7.18. The molecule has 0 bridgehead atoms. The van der Waals surface area contributed by atoms with Crippen molar-refractivity contribution in [3.63, 3.8) is 0 Å². The van der Waals surface area contributed by atoms with E-state index in [9.17, 15) is 13.6 Å². The predicted molar refractivity (Wildman–Crippen MR) is 106 cm³/mol. The van der Waals surface area contributed by atoms with Gasteiger partial charge in [0.25, 0.3) is 5.91 Å². The molecule has 0 spiro atoms. The number of benzene rings is 2. The molecule has 29 heavy (non-hydrogen) atoms. The van der Waals surface area contributed by atoms with Gasteiger partial charge < -0.3 is 19.5 Å². The van der Waals surface area contributed by atoms with E-state index in [1.165, 1.54) is 13.0 Å². The standard InChI is InChI=1S/C22H27F2NO4/c1-13(2)12-28-20-9-6-16(10-21(20)27-5)14(3)25-22(26)15(4)29-17-7-8-18(23)19(24)11-17/h6-11,13-15H,12H2,1-5H3,(H,25,26). The molecule has 2 atom stereocenters. The lowest BCUT2D eigenvalue weighted by Crippen LogP contribution is -2.37. The van der Waals surface area contributed by atoms with Crippen LogP contribution in [-0.4, -0.2) is 25.7 Å². The van der Waals surface area contributed by atoms with E-state index in [1.54, 1.807) is 13.2 Å². The Hall–Kier alpha value is -2.83. The number of nitrogens with one attached hydrogen (secondary N) is 1. The summed E-state index contributed by atoms with van der Waals surface area (Å²) in [5.41, 5.74) is 0.826. The second kappa shape index (κ2) is 10.1. The summed E-state index contributed by atoms with van der Waals surface area (Å²) >= 11 is 0. The Balaban J connectivity index is 2.01. The number of rotatable bonds is 9. The van der Waals surface area contributed by atoms with Crippen molar-refractivity contribution in [1.29, 1.82) is 0 Å². The number of methoxy groups -OCH3 is 1. The molecule has 0 aliphatic heterocycles. The fraction of sp³-hybridized carbons (Fsp3) is 0.409. The fourth-order valence-corrected chi connectivity index (χ4v) is 2.55. The van der Waals surface area contributed by atoms with Crippen molar-refractivity contribution in [2.24, 2.45) is 5.92 Å². The minimum atomic E-state index is -1.03. The molecule has 2 rings (SSSR count). The zero-order valence-corrected chi connectivity index (χ0v) is 17.3. The highest BCUT2D eigenvalue weighted by atomic mass is 19.2. The van der Waals surface area contributed by atoms with Crippen molar-refractivity contribution in [1.82, 2.24) is 5.32 Å². The first kappa shape index (κ1) is 22.5. The number of carbonyl (C=O) groups excluding carboxylic acids is 1. The van der Waals surface area contributed by atoms with Gasteiger partial charge in [0, 0.05) is 6.07 Å². The van der Waals surface area contributed by atoms with Gasteiger partial charge in [-0.25, -0.2) is 8.78 Å². The monoisotopic (exact) mass is 407 g/mol. The number of amides is 1. The first-order valence-corrected chi connectivity index (χ1v) is 9.44. The van der Waals surface area contributed by atoms with Gasteiger partial charge in [0.1, 0.15) is 5.75 Å². The smallest absolute Gasteiger partial charge is 0.261 e. The van der Waals surface area contributed by atoms with Crippen molar-refractivity contribution in [3.8, 4) is 17.2 Å². The van der Waals surface area contributed by atoms with E-state index < -0.39 is 17.7 Å². The van der Waals surface area contributed by atoms with Crippen molar-refractivity contribution >= 4 is 5.91 Å². The van der Waals surface area contributed by atoms with Crippen LogP contribution in [0.4, 0.5) is 8.78 Å². The summed E-state index contributed by atoms with van der Waals surface area (Å²) in [4.78, 5) is 12.4. The summed E-state index contributed by atoms with van der Waals surface area (Å²) in [6.45, 7) is 8.04. The first-order valence-electron chi connectivity index (χ1n) is 9.44. The van der Waals surface area contributed by atoms with E-state index in [2.05, 4.69) is 19.2 Å². The summed E-state index contributed by atoms with van der Waals surface area (Å²) in [5, 5.41) is 2.84. The van der Waals surface area contributed by atoms with Gasteiger partial charge in [-0.2, -0.15) is 0 Å². The van der Waals surface area contributed by atoms with E-state index in [0.29, 0.717) is 24.0 Å². The van der Waals surface area contributed by atoms with E-state index in [1.807, 2.05) is 19.1 Å². The molecule has 158 valence electrons. The minimum Gasteiger partial charge on any atom is -0.493 e. The predicted octanol–water partition coefficient (Wildman–Crippen LogP) is 4.65. The van der Waals surface area contributed by atoms with Gasteiger partial charge >= 0.3 is 0 Å². The Morgan fingerprint density at radius 1 is 1.00 bits per heavy atom. The highest BCUT2D eigenvalue weighted by Gasteiger charge is 2.19. The molecule has 2 unspecified atom stereocenters. The van der Waals surface area contributed by atoms with E-state index in [-0.39, 0.29) is 17.7 Å². The Morgan fingerprint density at radius 3 is 2.34 bits per heavy atom. The van der Waals surface area contributed by atoms with E-state index >= 15 is 0 Å². The molecule has 0 aliphatic carbocycles. The van der Waals surface area contributed by atoms with Gasteiger partial charge in [-0.15, -0.1) is 0 Å². The molecule has 0 aromatic heterocycles. The van der Waals surface area contributed by atoms with Crippen LogP contribution in [0.2, 0.25) is 0 Å². The van der Waals surface area contributed by atoms with Gasteiger partial charge in [-0.1, -0.05) is 19.9 Å². The van der Waals surface area contributed by atoms with Crippen LogP contribution in [0.5, 0.6) is 17.2 Å². The maximum absolute atomic E-state index is 13.3. The zero-order valence-electron chi connectivity index (χ0n) is 17.3. The van der Waals surface area contributed by atoms with Crippen molar-refractivity contribution in [2.45, 2.75) is 39.8 Å². The molecule has 0 saturated heterocycles. The average molecular weight is 407 g/mol. The van der Waals surface area contributed by atoms with Crippen LogP contribution in [0.25, 0.3) is 0 Å². The number of hydrogen-bond donors (Lipinski definition) is 1. The van der Waals surface area contributed by atoms with Crippen LogP contribution in [0, 0.1) is 17.6 Å². The summed E-state index contributed by atoms with van der Waals surface area (Å²) in [6.07, 6.45) is -0.891. The quantitative estimate of drug-likeness (QED) is 0.657. The average Bonchev–Trinajstić information content (AvgIpc) is 2.68. The maximum Gasteiger partial charge on any atom is 0.261 e. The summed E-state index contributed by atoms with van der Waals surface area (Å²) < 4.78 is 42.8. The Labute approximate surface area is 170 Å². The molecule has 0 aliphatic rings. The zero-order chi connectivity index (χ0) is 21.6. The fourth-order valence-electron chi connectivity index (χ4n) is 2.55. The van der Waals surface area contributed by atoms with Gasteiger partial charge in [0.15, 0.2) is 29.2 Å². The second-order valence-corrected chi connectivity index (χ2v) is 7.18. The third-order valence-corrected chi connectivity index (χ3v) is 4.19. The highest BCUT2D eigenvalue weighted by molar-refractivity contribution is 5.81. The van der Waals surface area contributed by atoms with Crippen LogP contribution in [-0.2, 0) is 4.79 Å². The van der Waals surface area contributed by atoms with Gasteiger partial charge in [0.2, 0.25) is 0 Å². The molecule has 7 heteroatoms. The van der Waals surface area contributed by atoms with Crippen molar-refractivity contribution in [2.75, 3.05) is 13.7 Å². The molecule has 2 aromatic rings. The Bertz CT molecular complexity index is 842. The molecular weight excluding hydrogens is 380 g/mol. The number of halogens is 2. The SMILES string of the molecule is COc1cc(C(C)NC(=O)C(C)Oc2ccc(F)c(F)c2)ccc1OCC(C)C. The summed E-state index contributed by atoms with van der Waals surface area (Å²) in [6, 6.07) is 8.26. The topological polar surface area (TPSA) is 56.8 Å². The third kappa shape index (κ3) is 6.34. The van der Waals surface area contributed by atoms with E-state index in [4.69, 9.17) is 14.2 Å². The summed E-state index contributed by atoms with van der Waals surface area (Å²) in [5.74, 6) is -0.718. The van der Waals surface area contributed by atoms with Crippen LogP contribution < -0.4 is 19.5 Å². The molecule has 1 N–H and O–H groups in total. The largest absolute Gasteiger partial charge is 0.493 e. The maximum atomic E-state index is 13.3. The summed E-state index contributed by atoms with van der Waals surface area (Å²) in [7, 11) is 1.56. The molecule has 0 heterocycles.